The number of sulfone groups is 1. The molecule has 3 aromatic rings. The number of hydrogen-bond donors (Lipinski definition) is 0. The third-order valence-corrected chi connectivity index (χ3v) is 8.40. The number of amides is 1. The smallest absolute Gasteiger partial charge is 0.233 e. The van der Waals surface area contributed by atoms with Gasteiger partial charge in [0.2, 0.25) is 5.91 Å². The van der Waals surface area contributed by atoms with Crippen LogP contribution < -0.4 is 9.64 Å². The van der Waals surface area contributed by atoms with Crippen molar-refractivity contribution in [3.63, 3.8) is 0 Å². The van der Waals surface area contributed by atoms with E-state index in [4.69, 9.17) is 9.72 Å². The molecule has 0 bridgehead atoms. The zero-order chi connectivity index (χ0) is 24.2. The highest BCUT2D eigenvalue weighted by atomic mass is 32.2. The molecule has 33 heavy (non-hydrogen) atoms. The third-order valence-electron chi connectivity index (χ3n) is 5.19. The number of fused-ring (bicyclic) bond motifs is 1. The van der Waals surface area contributed by atoms with Gasteiger partial charge in [0.05, 0.1) is 33.4 Å². The maximum atomic E-state index is 13.3. The largest absolute Gasteiger partial charge is 0.494 e. The van der Waals surface area contributed by atoms with Crippen LogP contribution in [0.1, 0.15) is 26.3 Å². The van der Waals surface area contributed by atoms with Crippen LogP contribution in [0.3, 0.4) is 0 Å². The Morgan fingerprint density at radius 3 is 2.39 bits per heavy atom. The molecule has 0 atom stereocenters. The predicted octanol–water partition coefficient (Wildman–Crippen LogP) is 4.01. The molecule has 3 rings (SSSR count). The van der Waals surface area contributed by atoms with E-state index in [9.17, 15) is 13.2 Å². The van der Waals surface area contributed by atoms with Crippen molar-refractivity contribution in [3.8, 4) is 5.75 Å². The van der Waals surface area contributed by atoms with Gasteiger partial charge in [0.15, 0.2) is 15.0 Å². The summed E-state index contributed by atoms with van der Waals surface area (Å²) in [6.07, 6.45) is 0.162. The molecule has 0 N–H and O–H groups in total. The van der Waals surface area contributed by atoms with Crippen LogP contribution in [-0.4, -0.2) is 63.3 Å². The first-order valence-corrected chi connectivity index (χ1v) is 13.3. The van der Waals surface area contributed by atoms with E-state index in [0.717, 1.165) is 21.5 Å². The molecular weight excluding hydrogens is 458 g/mol. The monoisotopic (exact) mass is 489 g/mol. The topological polar surface area (TPSA) is 79.8 Å². The average molecular weight is 490 g/mol. The zero-order valence-electron chi connectivity index (χ0n) is 19.7. The fraction of sp³-hybridized carbons (Fsp3) is 0.417. The van der Waals surface area contributed by atoms with E-state index in [1.54, 1.807) is 43.0 Å². The van der Waals surface area contributed by atoms with Crippen molar-refractivity contribution in [2.75, 3.05) is 38.7 Å². The van der Waals surface area contributed by atoms with E-state index in [1.165, 1.54) is 11.3 Å². The van der Waals surface area contributed by atoms with E-state index in [-0.39, 0.29) is 17.2 Å². The van der Waals surface area contributed by atoms with E-state index >= 15 is 0 Å². The highest BCUT2D eigenvalue weighted by Gasteiger charge is 2.22. The van der Waals surface area contributed by atoms with E-state index < -0.39 is 15.1 Å². The first kappa shape index (κ1) is 25.1. The highest BCUT2D eigenvalue weighted by molar-refractivity contribution is 7.92. The van der Waals surface area contributed by atoms with Crippen molar-refractivity contribution in [2.45, 2.75) is 37.3 Å². The molecule has 1 heterocycles. The molecule has 0 saturated heterocycles. The molecule has 1 aromatic heterocycles. The van der Waals surface area contributed by atoms with Gasteiger partial charge in [0, 0.05) is 13.1 Å². The summed E-state index contributed by atoms with van der Waals surface area (Å²) in [6, 6.07) is 12.3. The van der Waals surface area contributed by atoms with Crippen molar-refractivity contribution in [3.05, 3.63) is 48.0 Å². The summed E-state index contributed by atoms with van der Waals surface area (Å²) in [5.74, 6) is 0.697. The van der Waals surface area contributed by atoms with E-state index in [0.29, 0.717) is 24.8 Å². The van der Waals surface area contributed by atoms with Crippen molar-refractivity contribution in [1.29, 1.82) is 0 Å². The lowest BCUT2D eigenvalue weighted by atomic mass is 10.1. The number of carbonyl (C=O) groups excluding carboxylic acids is 1. The van der Waals surface area contributed by atoms with E-state index in [1.807, 2.05) is 44.1 Å². The summed E-state index contributed by atoms with van der Waals surface area (Å²) >= 11 is 1.46. The SMILES string of the molecule is CCOc1ccc2nc(N(CCN(C)C)C(=O)Cc3ccc(S(=O)(=O)C(C)C)cc3)sc2c1. The molecule has 7 nitrogen and oxygen atoms in total. The van der Waals surface area contributed by atoms with E-state index in [2.05, 4.69) is 0 Å². The maximum Gasteiger partial charge on any atom is 0.233 e. The maximum absolute atomic E-state index is 13.3. The van der Waals surface area contributed by atoms with Gasteiger partial charge in [-0.25, -0.2) is 13.4 Å². The summed E-state index contributed by atoms with van der Waals surface area (Å²) < 4.78 is 31.3. The second-order valence-electron chi connectivity index (χ2n) is 8.32. The molecule has 0 spiro atoms. The number of benzene rings is 2. The Morgan fingerprint density at radius 1 is 1.09 bits per heavy atom. The quantitative estimate of drug-likeness (QED) is 0.428. The second kappa shape index (κ2) is 10.6. The molecule has 0 aliphatic rings. The Bertz CT molecular complexity index is 1200. The summed E-state index contributed by atoms with van der Waals surface area (Å²) in [4.78, 5) is 22.0. The van der Waals surface area contributed by atoms with Gasteiger partial charge in [0.1, 0.15) is 5.75 Å². The molecule has 9 heteroatoms. The fourth-order valence-electron chi connectivity index (χ4n) is 3.23. The van der Waals surface area contributed by atoms with Gasteiger partial charge in [-0.2, -0.15) is 0 Å². The minimum Gasteiger partial charge on any atom is -0.494 e. The number of anilines is 1. The molecule has 0 saturated carbocycles. The molecule has 178 valence electrons. The highest BCUT2D eigenvalue weighted by Crippen LogP contribution is 2.32. The third kappa shape index (κ3) is 6.10. The number of rotatable bonds is 10. The predicted molar refractivity (Wildman–Crippen MR) is 134 cm³/mol. The van der Waals surface area contributed by atoms with Gasteiger partial charge in [-0.3, -0.25) is 9.69 Å². The number of nitrogens with zero attached hydrogens (tertiary/aromatic N) is 3. The number of thiazole rings is 1. The van der Waals surface area contributed by atoms with Crippen LogP contribution in [0.4, 0.5) is 5.13 Å². The lowest BCUT2D eigenvalue weighted by molar-refractivity contribution is -0.118. The Balaban J connectivity index is 1.84. The average Bonchev–Trinajstić information content (AvgIpc) is 3.17. The number of hydrogen-bond acceptors (Lipinski definition) is 7. The van der Waals surface area contributed by atoms with Crippen molar-refractivity contribution >= 4 is 42.4 Å². The van der Waals surface area contributed by atoms with Crippen LogP contribution in [0, 0.1) is 0 Å². The molecular formula is C24H31N3O4S2. The molecule has 1 amide bonds. The summed E-state index contributed by atoms with van der Waals surface area (Å²) in [5.41, 5.74) is 1.58. The summed E-state index contributed by atoms with van der Waals surface area (Å²) in [5, 5.41) is 0.151. The number of aromatic nitrogens is 1. The van der Waals surface area contributed by atoms with Gasteiger partial charge < -0.3 is 9.64 Å². The molecule has 0 aliphatic heterocycles. The van der Waals surface area contributed by atoms with Crippen molar-refractivity contribution < 1.29 is 17.9 Å². The first-order chi connectivity index (χ1) is 15.6. The molecule has 0 radical (unpaired) electrons. The van der Waals surface area contributed by atoms with Crippen LogP contribution in [0.2, 0.25) is 0 Å². The lowest BCUT2D eigenvalue weighted by Gasteiger charge is -2.22. The second-order valence-corrected chi connectivity index (χ2v) is 11.8. The van der Waals surface area contributed by atoms with Crippen LogP contribution >= 0.6 is 11.3 Å². The molecule has 0 fully saturated rings. The summed E-state index contributed by atoms with van der Waals surface area (Å²) in [6.45, 7) is 7.04. The minimum atomic E-state index is -3.34. The van der Waals surface area contributed by atoms with Crippen LogP contribution in [0.25, 0.3) is 10.2 Å². The van der Waals surface area contributed by atoms with Gasteiger partial charge in [-0.05, 0) is 70.8 Å². The molecule has 2 aromatic carbocycles. The fourth-order valence-corrected chi connectivity index (χ4v) is 5.33. The zero-order valence-corrected chi connectivity index (χ0v) is 21.4. The summed E-state index contributed by atoms with van der Waals surface area (Å²) in [7, 11) is 0.581. The van der Waals surface area contributed by atoms with Crippen LogP contribution in [0.5, 0.6) is 5.75 Å². The number of likely N-dealkylation sites (N-methyl/N-ethyl adjacent to an activating group) is 1. The molecule has 0 unspecified atom stereocenters. The number of ether oxygens (including phenoxy) is 1. The Kier molecular flexibility index (Phi) is 8.10. The normalized spacial score (nSPS) is 12.0. The number of carbonyl (C=O) groups is 1. The van der Waals surface area contributed by atoms with Gasteiger partial charge >= 0.3 is 0 Å². The minimum absolute atomic E-state index is 0.0830. The Labute approximate surface area is 199 Å². The van der Waals surface area contributed by atoms with Gasteiger partial charge in [-0.15, -0.1) is 0 Å². The van der Waals surface area contributed by atoms with Crippen molar-refractivity contribution in [2.24, 2.45) is 0 Å². The standard InChI is InChI=1S/C24H31N3O4S2/c1-6-31-19-9-12-21-22(16-19)32-24(25-21)27(14-13-26(4)5)23(28)15-18-7-10-20(11-8-18)33(29,30)17(2)3/h7-12,16-17H,6,13-15H2,1-5H3. The van der Waals surface area contributed by atoms with Gasteiger partial charge in [0.25, 0.3) is 0 Å². The Morgan fingerprint density at radius 2 is 1.79 bits per heavy atom. The lowest BCUT2D eigenvalue weighted by Crippen LogP contribution is -2.37. The molecule has 0 aliphatic carbocycles. The van der Waals surface area contributed by atoms with Gasteiger partial charge in [-0.1, -0.05) is 23.5 Å². The van der Waals surface area contributed by atoms with Crippen LogP contribution in [-0.2, 0) is 21.1 Å². The first-order valence-electron chi connectivity index (χ1n) is 10.9. The Hall–Kier alpha value is -2.49. The van der Waals surface area contributed by atoms with Crippen molar-refractivity contribution in [1.82, 2.24) is 9.88 Å². The van der Waals surface area contributed by atoms with Crippen LogP contribution in [0.15, 0.2) is 47.4 Å².